The average Bonchev–Trinajstić information content (AvgIpc) is 3.33. The molecule has 3 N–H and O–H groups in total. The molecule has 2 aliphatic heterocycles. The van der Waals surface area contributed by atoms with E-state index < -0.39 is 22.8 Å². The minimum absolute atomic E-state index is 0.109. The van der Waals surface area contributed by atoms with Crippen molar-refractivity contribution in [1.82, 2.24) is 4.57 Å². The smallest absolute Gasteiger partial charge is 0.341 e. The molecule has 0 amide bonds. The number of anilines is 1. The van der Waals surface area contributed by atoms with Gasteiger partial charge in [0, 0.05) is 49.8 Å². The van der Waals surface area contributed by atoms with E-state index in [-0.39, 0.29) is 22.9 Å². The summed E-state index contributed by atoms with van der Waals surface area (Å²) in [5, 5.41) is 9.46. The molecule has 8 heteroatoms. The van der Waals surface area contributed by atoms with Crippen molar-refractivity contribution in [2.24, 2.45) is 11.7 Å². The van der Waals surface area contributed by atoms with Crippen LogP contribution in [0.4, 0.5) is 10.1 Å². The van der Waals surface area contributed by atoms with Crippen molar-refractivity contribution in [3.63, 3.8) is 0 Å². The zero-order valence-corrected chi connectivity index (χ0v) is 15.4. The number of ether oxygens (including phenoxy) is 1. The number of carboxylic acids is 1. The first-order valence-electron chi connectivity index (χ1n) is 9.64. The molecular weight excluding hydrogens is 365 g/mol. The Kier molecular flexibility index (Phi) is 3.79. The van der Waals surface area contributed by atoms with Gasteiger partial charge < -0.3 is 25.0 Å². The molecule has 2 saturated heterocycles. The highest BCUT2D eigenvalue weighted by atomic mass is 19.1. The number of rotatable bonds is 4. The van der Waals surface area contributed by atoms with Gasteiger partial charge in [0.25, 0.3) is 0 Å². The Hall–Kier alpha value is -2.45. The first kappa shape index (κ1) is 17.6. The molecule has 2 aromatic rings. The summed E-state index contributed by atoms with van der Waals surface area (Å²) >= 11 is 0. The van der Waals surface area contributed by atoms with Crippen LogP contribution in [0.3, 0.4) is 0 Å². The molecule has 28 heavy (non-hydrogen) atoms. The minimum Gasteiger partial charge on any atom is -0.477 e. The van der Waals surface area contributed by atoms with Crippen LogP contribution < -0.4 is 16.1 Å². The summed E-state index contributed by atoms with van der Waals surface area (Å²) in [6, 6.07) is 3.01. The van der Waals surface area contributed by atoms with Gasteiger partial charge in [0.2, 0.25) is 5.43 Å². The molecule has 2 atom stereocenters. The van der Waals surface area contributed by atoms with Crippen LogP contribution in [-0.4, -0.2) is 47.5 Å². The number of hydrogen-bond acceptors (Lipinski definition) is 5. The molecule has 0 bridgehead atoms. The summed E-state index contributed by atoms with van der Waals surface area (Å²) in [7, 11) is 0. The van der Waals surface area contributed by atoms with Crippen LogP contribution >= 0.6 is 0 Å². The SMILES string of the molecule is NCC12CN(c3cc4c(cc3F)c(=O)c(C(=O)O)cn4C3CC3)CC1CCO2. The number of pyridine rings is 1. The monoisotopic (exact) mass is 387 g/mol. The fraction of sp³-hybridized carbons (Fsp3) is 0.500. The van der Waals surface area contributed by atoms with E-state index in [1.165, 1.54) is 12.3 Å². The highest BCUT2D eigenvalue weighted by Gasteiger charge is 2.50. The lowest BCUT2D eigenvalue weighted by atomic mass is 9.91. The quantitative estimate of drug-likeness (QED) is 0.829. The largest absolute Gasteiger partial charge is 0.477 e. The zero-order chi connectivity index (χ0) is 19.6. The second kappa shape index (κ2) is 6.02. The number of aromatic carboxylic acids is 1. The van der Waals surface area contributed by atoms with Crippen molar-refractivity contribution in [3.8, 4) is 0 Å². The fourth-order valence-electron chi connectivity index (χ4n) is 4.75. The van der Waals surface area contributed by atoms with Crippen molar-refractivity contribution in [2.45, 2.75) is 30.9 Å². The van der Waals surface area contributed by atoms with Crippen molar-refractivity contribution in [2.75, 3.05) is 31.1 Å². The highest BCUT2D eigenvalue weighted by Crippen LogP contribution is 2.42. The number of aromatic nitrogens is 1. The number of benzene rings is 1. The zero-order valence-electron chi connectivity index (χ0n) is 15.4. The first-order chi connectivity index (χ1) is 13.4. The molecule has 1 aromatic carbocycles. The predicted octanol–water partition coefficient (Wildman–Crippen LogP) is 1.73. The predicted molar refractivity (Wildman–Crippen MR) is 101 cm³/mol. The lowest BCUT2D eigenvalue weighted by molar-refractivity contribution is 0.0126. The maximum Gasteiger partial charge on any atom is 0.341 e. The molecule has 3 aliphatic rings. The van der Waals surface area contributed by atoms with Gasteiger partial charge in [-0.2, -0.15) is 0 Å². The number of carbonyl (C=O) groups is 1. The Labute approximate surface area is 160 Å². The molecule has 1 aliphatic carbocycles. The second-order valence-corrected chi connectivity index (χ2v) is 8.12. The summed E-state index contributed by atoms with van der Waals surface area (Å²) < 4.78 is 22.8. The third-order valence-corrected chi connectivity index (χ3v) is 6.46. The van der Waals surface area contributed by atoms with Crippen molar-refractivity contribution >= 4 is 22.6 Å². The van der Waals surface area contributed by atoms with E-state index in [0.29, 0.717) is 37.4 Å². The molecule has 1 saturated carbocycles. The van der Waals surface area contributed by atoms with Gasteiger partial charge in [0.1, 0.15) is 17.0 Å². The van der Waals surface area contributed by atoms with Gasteiger partial charge in [-0.3, -0.25) is 4.79 Å². The number of hydrogen-bond donors (Lipinski definition) is 2. The molecule has 3 heterocycles. The summed E-state index contributed by atoms with van der Waals surface area (Å²) in [4.78, 5) is 26.0. The van der Waals surface area contributed by atoms with E-state index in [1.807, 2.05) is 9.47 Å². The number of nitrogens with two attached hydrogens (primary N) is 1. The highest BCUT2D eigenvalue weighted by molar-refractivity contribution is 5.93. The minimum atomic E-state index is -1.29. The van der Waals surface area contributed by atoms with E-state index in [9.17, 15) is 14.7 Å². The normalized spacial score (nSPS) is 26.8. The molecule has 1 aromatic heterocycles. The lowest BCUT2D eigenvalue weighted by Crippen LogP contribution is -2.44. The van der Waals surface area contributed by atoms with Crippen LogP contribution in [0.5, 0.6) is 0 Å². The van der Waals surface area contributed by atoms with E-state index >= 15 is 4.39 Å². The van der Waals surface area contributed by atoms with Crippen molar-refractivity contribution in [3.05, 3.63) is 39.9 Å². The molecule has 148 valence electrons. The Morgan fingerprint density at radius 2 is 2.14 bits per heavy atom. The summed E-state index contributed by atoms with van der Waals surface area (Å²) in [6.07, 6.45) is 4.13. The molecule has 3 fully saturated rings. The number of nitrogens with zero attached hydrogens (tertiary/aromatic N) is 2. The summed E-state index contributed by atoms with van der Waals surface area (Å²) in [6.45, 7) is 2.23. The molecule has 5 rings (SSSR count). The van der Waals surface area contributed by atoms with E-state index in [2.05, 4.69) is 0 Å². The Balaban J connectivity index is 1.65. The Morgan fingerprint density at radius 3 is 2.79 bits per heavy atom. The topological polar surface area (TPSA) is 97.8 Å². The number of halogens is 1. The number of carboxylic acid groups (broad SMARTS) is 1. The van der Waals surface area contributed by atoms with Crippen molar-refractivity contribution < 1.29 is 19.0 Å². The van der Waals surface area contributed by atoms with Gasteiger partial charge >= 0.3 is 5.97 Å². The van der Waals surface area contributed by atoms with Crippen LogP contribution in [0, 0.1) is 11.7 Å². The number of fused-ring (bicyclic) bond motifs is 2. The maximum absolute atomic E-state index is 15.0. The van der Waals surface area contributed by atoms with Crippen LogP contribution in [0.1, 0.15) is 35.7 Å². The average molecular weight is 387 g/mol. The van der Waals surface area contributed by atoms with Crippen LogP contribution in [0.2, 0.25) is 0 Å². The van der Waals surface area contributed by atoms with Crippen LogP contribution in [0.25, 0.3) is 10.9 Å². The van der Waals surface area contributed by atoms with Gasteiger partial charge in [0.05, 0.1) is 11.2 Å². The van der Waals surface area contributed by atoms with E-state index in [1.54, 1.807) is 6.07 Å². The van der Waals surface area contributed by atoms with Gasteiger partial charge in [0.15, 0.2) is 0 Å². The Bertz CT molecular complexity index is 1050. The molecule has 2 unspecified atom stereocenters. The van der Waals surface area contributed by atoms with E-state index in [4.69, 9.17) is 10.5 Å². The van der Waals surface area contributed by atoms with E-state index in [0.717, 1.165) is 19.3 Å². The van der Waals surface area contributed by atoms with Gasteiger partial charge in [-0.1, -0.05) is 0 Å². The van der Waals surface area contributed by atoms with Crippen molar-refractivity contribution in [1.29, 1.82) is 0 Å². The van der Waals surface area contributed by atoms with Gasteiger partial charge in [-0.15, -0.1) is 0 Å². The second-order valence-electron chi connectivity index (χ2n) is 8.12. The standard InChI is InChI=1S/C20H22FN3O4/c21-15-5-13-16(24(12-1-2-12)8-14(18(13)25)19(26)27)6-17(15)23-7-11-3-4-28-20(11,9-22)10-23/h5-6,8,11-12H,1-4,7,9-10,22H2,(H,26,27). The third-order valence-electron chi connectivity index (χ3n) is 6.46. The molecule has 0 radical (unpaired) electrons. The lowest BCUT2D eigenvalue weighted by Gasteiger charge is -2.27. The Morgan fingerprint density at radius 1 is 1.36 bits per heavy atom. The van der Waals surface area contributed by atoms with Crippen LogP contribution in [0.15, 0.2) is 23.1 Å². The molecule has 7 nitrogen and oxygen atoms in total. The third kappa shape index (κ3) is 2.48. The fourth-order valence-corrected chi connectivity index (χ4v) is 4.75. The maximum atomic E-state index is 15.0. The molecular formula is C20H22FN3O4. The van der Waals surface area contributed by atoms with Gasteiger partial charge in [-0.05, 0) is 31.4 Å². The van der Waals surface area contributed by atoms with Crippen LogP contribution in [-0.2, 0) is 4.74 Å². The first-order valence-corrected chi connectivity index (χ1v) is 9.64. The summed E-state index contributed by atoms with van der Waals surface area (Å²) in [5.41, 5.74) is 5.55. The summed E-state index contributed by atoms with van der Waals surface area (Å²) in [5.74, 6) is -1.56. The molecule has 0 spiro atoms. The van der Waals surface area contributed by atoms with Gasteiger partial charge in [-0.25, -0.2) is 9.18 Å².